The van der Waals surface area contributed by atoms with Crippen LogP contribution in [0.1, 0.15) is 46.0 Å². The molecule has 6 heteroatoms. The molecule has 1 unspecified atom stereocenters. The van der Waals surface area contributed by atoms with Gasteiger partial charge in [-0.25, -0.2) is 4.79 Å². The first-order chi connectivity index (χ1) is 7.91. The van der Waals surface area contributed by atoms with Gasteiger partial charge in [-0.3, -0.25) is 0 Å². The topological polar surface area (TPSA) is 35.5 Å². The Morgan fingerprint density at radius 1 is 1.18 bits per heavy atom. The zero-order valence-corrected chi connectivity index (χ0v) is 12.4. The van der Waals surface area contributed by atoms with E-state index in [0.717, 1.165) is 25.7 Å². The van der Waals surface area contributed by atoms with Gasteiger partial charge in [0.05, 0.1) is 6.61 Å². The van der Waals surface area contributed by atoms with Gasteiger partial charge in [0.1, 0.15) is 0 Å². The Morgan fingerprint density at radius 3 is 2.29 bits per heavy atom. The smallest absolute Gasteiger partial charge is 0.435 e. The summed E-state index contributed by atoms with van der Waals surface area (Å²) in [5.74, 6) is 0. The van der Waals surface area contributed by atoms with Gasteiger partial charge in [0.25, 0.3) is 0 Å². The van der Waals surface area contributed by atoms with Crippen LogP contribution < -0.4 is 0 Å². The second kappa shape index (κ2) is 9.12. The van der Waals surface area contributed by atoms with Crippen molar-refractivity contribution in [2.45, 2.75) is 55.8 Å². The lowest BCUT2D eigenvalue weighted by molar-refractivity contribution is 0.0239. The summed E-state index contributed by atoms with van der Waals surface area (Å²) in [6.07, 6.45) is 3.09. The van der Waals surface area contributed by atoms with Crippen LogP contribution in [-0.2, 0) is 9.47 Å². The van der Waals surface area contributed by atoms with Gasteiger partial charge < -0.3 is 9.47 Å². The van der Waals surface area contributed by atoms with Gasteiger partial charge >= 0.3 is 6.16 Å². The molecule has 0 heterocycles. The largest absolute Gasteiger partial charge is 0.508 e. The highest BCUT2D eigenvalue weighted by Gasteiger charge is 2.35. The summed E-state index contributed by atoms with van der Waals surface area (Å²) in [7, 11) is 0. The summed E-state index contributed by atoms with van der Waals surface area (Å²) < 4.78 is 8.02. The molecule has 0 spiro atoms. The number of carbonyl (C=O) groups excluding carboxylic acids is 1. The molecule has 17 heavy (non-hydrogen) atoms. The molecule has 1 atom stereocenters. The third kappa shape index (κ3) is 8.81. The Bertz CT molecular complexity index is 216. The molecule has 0 rings (SSSR count). The van der Waals surface area contributed by atoms with Crippen LogP contribution in [0, 0.1) is 0 Å². The molecule has 0 aliphatic heterocycles. The summed E-state index contributed by atoms with van der Waals surface area (Å²) in [6, 6.07) is 0. The molecule has 0 saturated heterocycles. The van der Waals surface area contributed by atoms with Crippen LogP contribution >= 0.6 is 34.8 Å². The third-order valence-electron chi connectivity index (χ3n) is 2.19. The zero-order valence-electron chi connectivity index (χ0n) is 10.2. The number of carbonyl (C=O) groups is 1. The molecule has 0 fully saturated rings. The molecule has 0 aromatic rings. The van der Waals surface area contributed by atoms with Gasteiger partial charge in [0.2, 0.25) is 3.79 Å². The minimum atomic E-state index is -1.61. The fraction of sp³-hybridized carbons (Fsp3) is 0.909. The van der Waals surface area contributed by atoms with Crippen molar-refractivity contribution in [1.82, 2.24) is 0 Å². The van der Waals surface area contributed by atoms with E-state index in [-0.39, 0.29) is 6.61 Å². The SMILES string of the molecule is CCCCCCC(OC(=O)OCC)C(Cl)(Cl)Cl. The molecule has 3 nitrogen and oxygen atoms in total. The predicted octanol–water partition coefficient (Wildman–Crippen LogP) is 4.87. The number of alkyl halides is 3. The predicted molar refractivity (Wildman–Crippen MR) is 70.9 cm³/mol. The second-order valence-corrected chi connectivity index (χ2v) is 6.05. The minimum Gasteiger partial charge on any atom is -0.435 e. The molecule has 102 valence electrons. The van der Waals surface area contributed by atoms with E-state index in [4.69, 9.17) is 39.5 Å². The minimum absolute atomic E-state index is 0.237. The number of rotatable bonds is 7. The Hall–Kier alpha value is 0.140. The van der Waals surface area contributed by atoms with Crippen molar-refractivity contribution in [2.75, 3.05) is 6.61 Å². The van der Waals surface area contributed by atoms with E-state index in [1.807, 2.05) is 0 Å². The lowest BCUT2D eigenvalue weighted by Crippen LogP contribution is -2.31. The van der Waals surface area contributed by atoms with E-state index in [1.165, 1.54) is 0 Å². The quantitative estimate of drug-likeness (QED) is 0.382. The van der Waals surface area contributed by atoms with E-state index in [2.05, 4.69) is 11.7 Å². The summed E-state index contributed by atoms with van der Waals surface area (Å²) >= 11 is 17.3. The maximum atomic E-state index is 11.2. The molecule has 0 radical (unpaired) electrons. The van der Waals surface area contributed by atoms with E-state index in [9.17, 15) is 4.79 Å². The fourth-order valence-corrected chi connectivity index (χ4v) is 1.77. The zero-order chi connectivity index (χ0) is 13.3. The van der Waals surface area contributed by atoms with Crippen LogP contribution in [0.15, 0.2) is 0 Å². The Labute approximate surface area is 118 Å². The maximum absolute atomic E-state index is 11.2. The molecule has 0 aliphatic carbocycles. The van der Waals surface area contributed by atoms with Gasteiger partial charge in [0.15, 0.2) is 6.10 Å². The Balaban J connectivity index is 4.11. The van der Waals surface area contributed by atoms with Crippen LogP contribution in [0.4, 0.5) is 4.79 Å². The third-order valence-corrected chi connectivity index (χ3v) is 2.92. The molecule has 0 saturated carbocycles. The molecule has 0 N–H and O–H groups in total. The van der Waals surface area contributed by atoms with Crippen molar-refractivity contribution in [3.63, 3.8) is 0 Å². The summed E-state index contributed by atoms with van der Waals surface area (Å²) in [5, 5.41) is 0. The summed E-state index contributed by atoms with van der Waals surface area (Å²) in [4.78, 5) is 11.2. The number of unbranched alkanes of at least 4 members (excludes halogenated alkanes) is 3. The van der Waals surface area contributed by atoms with Crippen molar-refractivity contribution < 1.29 is 14.3 Å². The molecular weight excluding hydrogens is 286 g/mol. The van der Waals surface area contributed by atoms with Gasteiger partial charge in [-0.15, -0.1) is 0 Å². The number of ether oxygens (including phenoxy) is 2. The van der Waals surface area contributed by atoms with Crippen LogP contribution in [-0.4, -0.2) is 22.7 Å². The standard InChI is InChI=1S/C11H19Cl3O3/c1-3-5-6-7-8-9(11(12,13)14)17-10(15)16-4-2/h9H,3-8H2,1-2H3. The van der Waals surface area contributed by atoms with E-state index in [1.54, 1.807) is 6.92 Å². The van der Waals surface area contributed by atoms with Crippen LogP contribution in [0.5, 0.6) is 0 Å². The lowest BCUT2D eigenvalue weighted by atomic mass is 10.1. The van der Waals surface area contributed by atoms with Gasteiger partial charge in [0, 0.05) is 0 Å². The normalized spacial score (nSPS) is 13.2. The van der Waals surface area contributed by atoms with Gasteiger partial charge in [-0.05, 0) is 19.8 Å². The molecule has 0 amide bonds. The van der Waals surface area contributed by atoms with Gasteiger partial charge in [-0.2, -0.15) is 0 Å². The lowest BCUT2D eigenvalue weighted by Gasteiger charge is -2.23. The monoisotopic (exact) mass is 304 g/mol. The fourth-order valence-electron chi connectivity index (χ4n) is 1.31. The highest BCUT2D eigenvalue weighted by Crippen LogP contribution is 2.35. The van der Waals surface area contributed by atoms with Crippen LogP contribution in [0.3, 0.4) is 0 Å². The van der Waals surface area contributed by atoms with Crippen molar-refractivity contribution in [2.24, 2.45) is 0 Å². The average molecular weight is 306 g/mol. The van der Waals surface area contributed by atoms with E-state index >= 15 is 0 Å². The first kappa shape index (κ1) is 17.1. The molecule has 0 aromatic heterocycles. The number of hydrogen-bond acceptors (Lipinski definition) is 3. The Morgan fingerprint density at radius 2 is 1.82 bits per heavy atom. The summed E-state index contributed by atoms with van der Waals surface area (Å²) in [5.41, 5.74) is 0. The molecular formula is C11H19Cl3O3. The first-order valence-electron chi connectivity index (χ1n) is 5.81. The van der Waals surface area contributed by atoms with Crippen molar-refractivity contribution in [3.05, 3.63) is 0 Å². The van der Waals surface area contributed by atoms with Crippen LogP contribution in [0.2, 0.25) is 0 Å². The number of halogens is 3. The molecule has 0 bridgehead atoms. The molecule has 0 aliphatic rings. The molecule has 0 aromatic carbocycles. The van der Waals surface area contributed by atoms with Crippen LogP contribution in [0.25, 0.3) is 0 Å². The first-order valence-corrected chi connectivity index (χ1v) is 6.95. The van der Waals surface area contributed by atoms with Crippen molar-refractivity contribution in [1.29, 1.82) is 0 Å². The number of hydrogen-bond donors (Lipinski definition) is 0. The maximum Gasteiger partial charge on any atom is 0.508 e. The van der Waals surface area contributed by atoms with E-state index < -0.39 is 16.1 Å². The highest BCUT2D eigenvalue weighted by molar-refractivity contribution is 6.68. The average Bonchev–Trinajstić information content (AvgIpc) is 2.21. The Kier molecular flexibility index (Phi) is 9.20. The van der Waals surface area contributed by atoms with Crippen molar-refractivity contribution >= 4 is 41.0 Å². The van der Waals surface area contributed by atoms with Crippen molar-refractivity contribution in [3.8, 4) is 0 Å². The second-order valence-electron chi connectivity index (χ2n) is 3.68. The van der Waals surface area contributed by atoms with E-state index in [0.29, 0.717) is 6.42 Å². The summed E-state index contributed by atoms with van der Waals surface area (Å²) in [6.45, 7) is 4.04. The highest BCUT2D eigenvalue weighted by atomic mass is 35.6. The van der Waals surface area contributed by atoms with Gasteiger partial charge in [-0.1, -0.05) is 61.0 Å².